The molecule has 2 atom stereocenters. The van der Waals surface area contributed by atoms with Gasteiger partial charge in [0, 0.05) is 12.2 Å². The van der Waals surface area contributed by atoms with Crippen LogP contribution in [0.15, 0.2) is 18.2 Å². The van der Waals surface area contributed by atoms with Gasteiger partial charge in [0.2, 0.25) is 0 Å². The molecule has 4 heteroatoms. The minimum atomic E-state index is -0.417. The first-order valence-corrected chi connectivity index (χ1v) is 7.45. The van der Waals surface area contributed by atoms with Gasteiger partial charge in [-0.15, -0.1) is 0 Å². The summed E-state index contributed by atoms with van der Waals surface area (Å²) in [6.07, 6.45) is 3.32. The molecule has 0 aromatic heterocycles. The topological polar surface area (TPSA) is 61.4 Å². The summed E-state index contributed by atoms with van der Waals surface area (Å²) in [4.78, 5) is 12.4. The largest absolute Gasteiger partial charge is 0.391 e. The summed E-state index contributed by atoms with van der Waals surface area (Å²) in [5.41, 5.74) is 2.56. The van der Waals surface area contributed by atoms with Gasteiger partial charge in [-0.2, -0.15) is 0 Å². The summed E-state index contributed by atoms with van der Waals surface area (Å²) < 4.78 is 0. The Morgan fingerprint density at radius 1 is 1.35 bits per heavy atom. The van der Waals surface area contributed by atoms with E-state index in [1.165, 1.54) is 0 Å². The van der Waals surface area contributed by atoms with E-state index in [9.17, 15) is 9.90 Å². The van der Waals surface area contributed by atoms with Crippen molar-refractivity contribution < 1.29 is 9.90 Å². The lowest BCUT2D eigenvalue weighted by atomic mass is 9.92. The normalized spacial score (nSPS) is 22.4. The van der Waals surface area contributed by atoms with Crippen molar-refractivity contribution >= 4 is 11.6 Å². The van der Waals surface area contributed by atoms with Crippen molar-refractivity contribution in [2.45, 2.75) is 51.7 Å². The molecule has 3 N–H and O–H groups in total. The summed E-state index contributed by atoms with van der Waals surface area (Å²) >= 11 is 0. The average molecular weight is 276 g/mol. The van der Waals surface area contributed by atoms with Gasteiger partial charge >= 0.3 is 0 Å². The molecule has 1 amide bonds. The molecule has 1 aromatic carbocycles. The van der Waals surface area contributed by atoms with Crippen molar-refractivity contribution in [1.82, 2.24) is 5.32 Å². The Bertz CT molecular complexity index is 474. The van der Waals surface area contributed by atoms with Gasteiger partial charge in [0.05, 0.1) is 17.7 Å². The molecular weight excluding hydrogens is 252 g/mol. The van der Waals surface area contributed by atoms with Gasteiger partial charge in [0.25, 0.3) is 5.91 Å². The number of carbonyl (C=O) groups excluding carboxylic acids is 1. The zero-order valence-corrected chi connectivity index (χ0v) is 12.3. The first-order chi connectivity index (χ1) is 9.61. The van der Waals surface area contributed by atoms with Crippen molar-refractivity contribution in [3.8, 4) is 0 Å². The molecule has 0 saturated heterocycles. The predicted molar refractivity (Wildman–Crippen MR) is 81.1 cm³/mol. The zero-order chi connectivity index (χ0) is 14.5. The maximum atomic E-state index is 12.4. The second-order valence-electron chi connectivity index (χ2n) is 5.51. The molecule has 4 nitrogen and oxygen atoms in total. The molecule has 0 aliphatic heterocycles. The Morgan fingerprint density at radius 2 is 2.10 bits per heavy atom. The minimum absolute atomic E-state index is 0.101. The third kappa shape index (κ3) is 3.51. The summed E-state index contributed by atoms with van der Waals surface area (Å²) in [7, 11) is 0. The van der Waals surface area contributed by atoms with E-state index < -0.39 is 6.10 Å². The second kappa shape index (κ2) is 6.75. The molecule has 0 spiro atoms. The highest BCUT2D eigenvalue weighted by Gasteiger charge is 2.25. The molecule has 110 valence electrons. The van der Waals surface area contributed by atoms with Crippen LogP contribution in [0.4, 0.5) is 5.69 Å². The van der Waals surface area contributed by atoms with Gasteiger partial charge in [-0.1, -0.05) is 24.5 Å². The maximum Gasteiger partial charge on any atom is 0.253 e. The van der Waals surface area contributed by atoms with E-state index in [0.717, 1.165) is 43.5 Å². The molecule has 1 saturated carbocycles. The fraction of sp³-hybridized carbons (Fsp3) is 0.562. The van der Waals surface area contributed by atoms with Crippen LogP contribution < -0.4 is 10.6 Å². The fourth-order valence-electron chi connectivity index (χ4n) is 2.72. The Kier molecular flexibility index (Phi) is 5.01. The first kappa shape index (κ1) is 14.9. The maximum absolute atomic E-state index is 12.4. The number of benzene rings is 1. The van der Waals surface area contributed by atoms with Crippen LogP contribution in [-0.2, 0) is 0 Å². The molecule has 20 heavy (non-hydrogen) atoms. The number of anilines is 1. The van der Waals surface area contributed by atoms with Crippen LogP contribution in [0.2, 0.25) is 0 Å². The van der Waals surface area contributed by atoms with Crippen LogP contribution in [0.5, 0.6) is 0 Å². The lowest BCUT2D eigenvalue weighted by Gasteiger charge is -2.28. The molecule has 1 aliphatic carbocycles. The number of aliphatic hydroxyl groups excluding tert-OH is 1. The van der Waals surface area contributed by atoms with E-state index in [-0.39, 0.29) is 11.9 Å². The van der Waals surface area contributed by atoms with Gasteiger partial charge in [0.1, 0.15) is 0 Å². The van der Waals surface area contributed by atoms with Crippen molar-refractivity contribution in [2.75, 3.05) is 11.9 Å². The summed E-state index contributed by atoms with van der Waals surface area (Å²) in [6, 6.07) is 5.70. The molecular formula is C16H24N2O2. The number of carbonyl (C=O) groups is 1. The number of amides is 1. The third-order valence-corrected chi connectivity index (χ3v) is 3.83. The number of rotatable bonds is 4. The fourth-order valence-corrected chi connectivity index (χ4v) is 2.72. The summed E-state index contributed by atoms with van der Waals surface area (Å²) in [5.74, 6) is -0.101. The van der Waals surface area contributed by atoms with Crippen molar-refractivity contribution in [2.24, 2.45) is 0 Å². The number of aliphatic hydroxyl groups is 1. The van der Waals surface area contributed by atoms with E-state index >= 15 is 0 Å². The highest BCUT2D eigenvalue weighted by atomic mass is 16.3. The van der Waals surface area contributed by atoms with Gasteiger partial charge in [-0.3, -0.25) is 4.79 Å². The molecule has 2 rings (SSSR count). The molecule has 0 radical (unpaired) electrons. The zero-order valence-electron chi connectivity index (χ0n) is 12.3. The third-order valence-electron chi connectivity index (χ3n) is 3.83. The minimum Gasteiger partial charge on any atom is -0.391 e. The first-order valence-electron chi connectivity index (χ1n) is 7.45. The number of nitrogens with one attached hydrogen (secondary N) is 2. The lowest BCUT2D eigenvalue weighted by Crippen LogP contribution is -2.45. The quantitative estimate of drug-likeness (QED) is 0.791. The highest BCUT2D eigenvalue weighted by Crippen LogP contribution is 2.21. The lowest BCUT2D eigenvalue weighted by molar-refractivity contribution is 0.0718. The van der Waals surface area contributed by atoms with Crippen LogP contribution in [0.3, 0.4) is 0 Å². The second-order valence-corrected chi connectivity index (χ2v) is 5.51. The smallest absolute Gasteiger partial charge is 0.253 e. The van der Waals surface area contributed by atoms with E-state index in [1.54, 1.807) is 0 Å². The molecule has 1 fully saturated rings. The van der Waals surface area contributed by atoms with Crippen molar-refractivity contribution in [3.05, 3.63) is 29.3 Å². The van der Waals surface area contributed by atoms with Crippen LogP contribution >= 0.6 is 0 Å². The van der Waals surface area contributed by atoms with Crippen LogP contribution in [0, 0.1) is 6.92 Å². The van der Waals surface area contributed by atoms with Crippen LogP contribution in [0.1, 0.15) is 48.5 Å². The summed E-state index contributed by atoms with van der Waals surface area (Å²) in [5, 5.41) is 16.2. The Morgan fingerprint density at radius 3 is 2.80 bits per heavy atom. The van der Waals surface area contributed by atoms with Crippen LogP contribution in [-0.4, -0.2) is 29.7 Å². The van der Waals surface area contributed by atoms with E-state index in [2.05, 4.69) is 10.6 Å². The van der Waals surface area contributed by atoms with Crippen LogP contribution in [0.25, 0.3) is 0 Å². The Labute approximate surface area is 120 Å². The molecule has 2 unspecified atom stereocenters. The number of hydrogen-bond acceptors (Lipinski definition) is 3. The highest BCUT2D eigenvalue weighted by molar-refractivity contribution is 6.00. The average Bonchev–Trinajstić information content (AvgIpc) is 2.43. The SMILES string of the molecule is CCNc1ccc(C)cc1C(=O)NC1CCCCC1O. The monoisotopic (exact) mass is 276 g/mol. The van der Waals surface area contributed by atoms with Gasteiger partial charge < -0.3 is 15.7 Å². The number of hydrogen-bond donors (Lipinski definition) is 3. The number of aryl methyl sites for hydroxylation is 1. The predicted octanol–water partition coefficient (Wildman–Crippen LogP) is 2.46. The molecule has 0 heterocycles. The summed E-state index contributed by atoms with van der Waals surface area (Å²) in [6.45, 7) is 4.75. The molecule has 1 aromatic rings. The Hall–Kier alpha value is -1.55. The van der Waals surface area contributed by atoms with E-state index in [1.807, 2.05) is 32.0 Å². The van der Waals surface area contributed by atoms with Gasteiger partial charge in [-0.05, 0) is 38.8 Å². The van der Waals surface area contributed by atoms with Gasteiger partial charge in [-0.25, -0.2) is 0 Å². The van der Waals surface area contributed by atoms with Crippen molar-refractivity contribution in [1.29, 1.82) is 0 Å². The van der Waals surface area contributed by atoms with E-state index in [0.29, 0.717) is 5.56 Å². The van der Waals surface area contributed by atoms with Gasteiger partial charge in [0.15, 0.2) is 0 Å². The Balaban J connectivity index is 2.13. The van der Waals surface area contributed by atoms with Crippen molar-refractivity contribution in [3.63, 3.8) is 0 Å². The molecule has 0 bridgehead atoms. The standard InChI is InChI=1S/C16H24N2O2/c1-3-17-13-9-8-11(2)10-12(13)16(20)18-14-6-4-5-7-15(14)19/h8-10,14-15,17,19H,3-7H2,1-2H3,(H,18,20). The van der Waals surface area contributed by atoms with E-state index in [4.69, 9.17) is 0 Å². The molecule has 1 aliphatic rings.